The number of rotatable bonds is 5. The fraction of sp³-hybridized carbons (Fsp3) is 0.500. The fourth-order valence-electron chi connectivity index (χ4n) is 2.40. The third-order valence-electron chi connectivity index (χ3n) is 3.44. The van der Waals surface area contributed by atoms with Crippen LogP contribution in [0.2, 0.25) is 0 Å². The summed E-state index contributed by atoms with van der Waals surface area (Å²) in [5.74, 6) is 1.13. The zero-order valence-corrected chi connectivity index (χ0v) is 11.4. The van der Waals surface area contributed by atoms with E-state index in [1.165, 1.54) is 11.1 Å². The largest absolute Gasteiger partial charge is 0.497 e. The van der Waals surface area contributed by atoms with Crippen LogP contribution in [0, 0.1) is 6.92 Å². The minimum absolute atomic E-state index is 0.316. The lowest BCUT2D eigenvalue weighted by molar-refractivity contribution is 0.167. The first-order chi connectivity index (χ1) is 8.81. The van der Waals surface area contributed by atoms with Crippen LogP contribution in [0.15, 0.2) is 36.1 Å². The van der Waals surface area contributed by atoms with E-state index in [0.29, 0.717) is 6.04 Å². The van der Waals surface area contributed by atoms with Crippen molar-refractivity contribution >= 4 is 0 Å². The first-order valence-corrected chi connectivity index (χ1v) is 6.92. The van der Waals surface area contributed by atoms with E-state index < -0.39 is 0 Å². The number of ether oxygens (including phenoxy) is 1. The van der Waals surface area contributed by atoms with Crippen LogP contribution in [-0.2, 0) is 11.2 Å². The van der Waals surface area contributed by atoms with Crippen LogP contribution in [0.25, 0.3) is 0 Å². The van der Waals surface area contributed by atoms with Gasteiger partial charge in [0.1, 0.15) is 5.76 Å². The molecule has 0 saturated heterocycles. The molecule has 18 heavy (non-hydrogen) atoms. The van der Waals surface area contributed by atoms with Gasteiger partial charge >= 0.3 is 0 Å². The molecule has 1 atom stereocenters. The van der Waals surface area contributed by atoms with Crippen molar-refractivity contribution in [1.82, 2.24) is 5.32 Å². The lowest BCUT2D eigenvalue weighted by atomic mass is 9.99. The third-order valence-corrected chi connectivity index (χ3v) is 3.44. The molecular formula is C16H23NO. The monoisotopic (exact) mass is 245 g/mol. The van der Waals surface area contributed by atoms with Crippen molar-refractivity contribution < 1.29 is 4.74 Å². The number of aryl methyl sites for hydroxylation is 1. The van der Waals surface area contributed by atoms with Gasteiger partial charge in [-0.3, -0.25) is 0 Å². The van der Waals surface area contributed by atoms with Gasteiger partial charge in [-0.1, -0.05) is 31.2 Å². The highest BCUT2D eigenvalue weighted by Crippen LogP contribution is 2.18. The van der Waals surface area contributed by atoms with Gasteiger partial charge in [0.2, 0.25) is 0 Å². The molecule has 0 saturated carbocycles. The molecule has 2 nitrogen and oxygen atoms in total. The van der Waals surface area contributed by atoms with Crippen LogP contribution in [0.1, 0.15) is 30.9 Å². The molecule has 1 aromatic carbocycles. The third kappa shape index (κ3) is 3.36. The Morgan fingerprint density at radius 2 is 2.17 bits per heavy atom. The van der Waals surface area contributed by atoms with E-state index in [1.54, 1.807) is 0 Å². The van der Waals surface area contributed by atoms with Gasteiger partial charge in [0.25, 0.3) is 0 Å². The van der Waals surface area contributed by atoms with Crippen LogP contribution >= 0.6 is 0 Å². The van der Waals surface area contributed by atoms with Crippen LogP contribution in [0.3, 0.4) is 0 Å². The molecule has 2 heteroatoms. The molecular weight excluding hydrogens is 222 g/mol. The second-order valence-electron chi connectivity index (χ2n) is 4.84. The zero-order valence-electron chi connectivity index (χ0n) is 11.4. The number of likely N-dealkylation sites (N-methyl/N-ethyl adjacent to an activating group) is 1. The maximum absolute atomic E-state index is 5.80. The number of hydrogen-bond donors (Lipinski definition) is 1. The highest BCUT2D eigenvalue weighted by atomic mass is 16.5. The molecule has 1 aromatic rings. The summed E-state index contributed by atoms with van der Waals surface area (Å²) in [6.07, 6.45) is 5.54. The van der Waals surface area contributed by atoms with Crippen molar-refractivity contribution in [3.63, 3.8) is 0 Å². The summed E-state index contributed by atoms with van der Waals surface area (Å²) in [6, 6.07) is 8.91. The van der Waals surface area contributed by atoms with Gasteiger partial charge in [-0.05, 0) is 49.9 Å². The van der Waals surface area contributed by atoms with Crippen LogP contribution < -0.4 is 5.32 Å². The molecule has 0 spiro atoms. The summed E-state index contributed by atoms with van der Waals surface area (Å²) in [5.41, 5.74) is 2.76. The molecule has 1 N–H and O–H groups in total. The van der Waals surface area contributed by atoms with E-state index in [2.05, 4.69) is 49.5 Å². The van der Waals surface area contributed by atoms with Crippen molar-refractivity contribution in [2.75, 3.05) is 13.2 Å². The topological polar surface area (TPSA) is 21.3 Å². The number of nitrogens with one attached hydrogen (secondary N) is 1. The predicted molar refractivity (Wildman–Crippen MR) is 75.6 cm³/mol. The van der Waals surface area contributed by atoms with Crippen molar-refractivity contribution in [3.8, 4) is 0 Å². The van der Waals surface area contributed by atoms with E-state index in [4.69, 9.17) is 4.74 Å². The summed E-state index contributed by atoms with van der Waals surface area (Å²) in [7, 11) is 0. The molecule has 1 aliphatic heterocycles. The molecule has 0 aromatic heterocycles. The first kappa shape index (κ1) is 13.2. The lowest BCUT2D eigenvalue weighted by Gasteiger charge is -2.25. The zero-order chi connectivity index (χ0) is 12.8. The number of hydrogen-bond acceptors (Lipinski definition) is 2. The van der Waals surface area contributed by atoms with Crippen molar-refractivity contribution in [1.29, 1.82) is 0 Å². The second kappa shape index (κ2) is 6.60. The average molecular weight is 245 g/mol. The SMILES string of the molecule is CCNC(Cc1ccccc1C)C1=CCCCO1. The van der Waals surface area contributed by atoms with Gasteiger partial charge in [-0.2, -0.15) is 0 Å². The predicted octanol–water partition coefficient (Wildman–Crippen LogP) is 3.21. The Bertz CT molecular complexity index is 411. The van der Waals surface area contributed by atoms with Gasteiger partial charge in [-0.25, -0.2) is 0 Å². The summed E-state index contributed by atoms with van der Waals surface area (Å²) in [6.45, 7) is 6.15. The number of allylic oxidation sites excluding steroid dienone is 1. The molecule has 0 amide bonds. The molecule has 0 bridgehead atoms. The summed E-state index contributed by atoms with van der Waals surface area (Å²) in [5, 5.41) is 3.53. The normalized spacial score (nSPS) is 16.9. The van der Waals surface area contributed by atoms with Crippen LogP contribution in [-0.4, -0.2) is 19.2 Å². The molecule has 1 heterocycles. The lowest BCUT2D eigenvalue weighted by Crippen LogP contribution is -2.35. The molecule has 98 valence electrons. The van der Waals surface area contributed by atoms with E-state index in [0.717, 1.165) is 38.2 Å². The highest BCUT2D eigenvalue weighted by molar-refractivity contribution is 5.28. The number of benzene rings is 1. The first-order valence-electron chi connectivity index (χ1n) is 6.92. The maximum Gasteiger partial charge on any atom is 0.109 e. The second-order valence-corrected chi connectivity index (χ2v) is 4.84. The minimum atomic E-state index is 0.316. The highest BCUT2D eigenvalue weighted by Gasteiger charge is 2.18. The average Bonchev–Trinajstić information content (AvgIpc) is 2.42. The summed E-state index contributed by atoms with van der Waals surface area (Å²) in [4.78, 5) is 0. The molecule has 1 unspecified atom stereocenters. The smallest absolute Gasteiger partial charge is 0.109 e. The Morgan fingerprint density at radius 3 is 2.83 bits per heavy atom. The maximum atomic E-state index is 5.80. The van der Waals surface area contributed by atoms with Crippen LogP contribution in [0.5, 0.6) is 0 Å². The Kier molecular flexibility index (Phi) is 4.82. The van der Waals surface area contributed by atoms with Gasteiger partial charge in [-0.15, -0.1) is 0 Å². The minimum Gasteiger partial charge on any atom is -0.497 e. The Labute approximate surface area is 110 Å². The Balaban J connectivity index is 2.11. The van der Waals surface area contributed by atoms with E-state index >= 15 is 0 Å². The fourth-order valence-corrected chi connectivity index (χ4v) is 2.40. The quantitative estimate of drug-likeness (QED) is 0.860. The summed E-state index contributed by atoms with van der Waals surface area (Å²) >= 11 is 0. The van der Waals surface area contributed by atoms with Gasteiger partial charge in [0, 0.05) is 0 Å². The summed E-state index contributed by atoms with van der Waals surface area (Å²) < 4.78 is 5.80. The van der Waals surface area contributed by atoms with Gasteiger partial charge in [0.05, 0.1) is 12.6 Å². The molecule has 0 radical (unpaired) electrons. The molecule has 2 rings (SSSR count). The van der Waals surface area contributed by atoms with E-state index in [1.807, 2.05) is 0 Å². The molecule has 0 aliphatic carbocycles. The van der Waals surface area contributed by atoms with Crippen LogP contribution in [0.4, 0.5) is 0 Å². The van der Waals surface area contributed by atoms with Crippen molar-refractivity contribution in [2.45, 2.75) is 39.2 Å². The van der Waals surface area contributed by atoms with Crippen molar-refractivity contribution in [3.05, 3.63) is 47.2 Å². The van der Waals surface area contributed by atoms with Gasteiger partial charge < -0.3 is 10.1 Å². The Morgan fingerprint density at radius 1 is 1.33 bits per heavy atom. The van der Waals surface area contributed by atoms with E-state index in [9.17, 15) is 0 Å². The standard InChI is InChI=1S/C16H23NO/c1-3-17-15(16-10-6-7-11-18-16)12-14-9-5-4-8-13(14)2/h4-5,8-10,15,17H,3,6-7,11-12H2,1-2H3. The van der Waals surface area contributed by atoms with E-state index in [-0.39, 0.29) is 0 Å². The Hall–Kier alpha value is -1.28. The van der Waals surface area contributed by atoms with Gasteiger partial charge in [0.15, 0.2) is 0 Å². The molecule has 0 fully saturated rings. The van der Waals surface area contributed by atoms with Crippen molar-refractivity contribution in [2.24, 2.45) is 0 Å². The molecule has 1 aliphatic rings.